The molecule has 21 heavy (non-hydrogen) atoms. The summed E-state index contributed by atoms with van der Waals surface area (Å²) in [6, 6.07) is 3.27. The lowest BCUT2D eigenvalue weighted by Gasteiger charge is -2.24. The van der Waals surface area contributed by atoms with Crippen molar-refractivity contribution in [2.45, 2.75) is 25.1 Å². The number of hydrogen-bond acceptors (Lipinski definition) is 2. The van der Waals surface area contributed by atoms with Gasteiger partial charge in [-0.05, 0) is 30.5 Å². The minimum absolute atomic E-state index is 0.153. The largest absolute Gasteiger partial charge is 0.417 e. The summed E-state index contributed by atoms with van der Waals surface area (Å²) >= 11 is 0. The van der Waals surface area contributed by atoms with Gasteiger partial charge in [-0.15, -0.1) is 0 Å². The lowest BCUT2D eigenvalue weighted by molar-refractivity contribution is -0.137. The number of amides is 1. The highest BCUT2D eigenvalue weighted by atomic mass is 19.4. The number of rotatable bonds is 3. The van der Waals surface area contributed by atoms with Crippen LogP contribution in [0.3, 0.4) is 0 Å². The molecular formula is C15H16F3NO2. The third-order valence-corrected chi connectivity index (χ3v) is 3.39. The zero-order valence-corrected chi connectivity index (χ0v) is 11.4. The van der Waals surface area contributed by atoms with Gasteiger partial charge < -0.3 is 10.1 Å². The van der Waals surface area contributed by atoms with E-state index in [-0.39, 0.29) is 11.6 Å². The Labute approximate surface area is 120 Å². The highest BCUT2D eigenvalue weighted by Gasteiger charge is 2.35. The maximum absolute atomic E-state index is 13.0. The van der Waals surface area contributed by atoms with Gasteiger partial charge in [0.2, 0.25) is 0 Å². The highest BCUT2D eigenvalue weighted by molar-refractivity contribution is 5.96. The summed E-state index contributed by atoms with van der Waals surface area (Å²) in [5.74, 6) is -0.710. The fraction of sp³-hybridized carbons (Fsp3) is 0.400. The van der Waals surface area contributed by atoms with Crippen LogP contribution in [0.1, 0.15) is 34.3 Å². The van der Waals surface area contributed by atoms with E-state index in [1.165, 1.54) is 18.2 Å². The predicted molar refractivity (Wildman–Crippen MR) is 72.8 cm³/mol. The van der Waals surface area contributed by atoms with Crippen LogP contribution in [0.25, 0.3) is 6.08 Å². The first-order valence-electron chi connectivity index (χ1n) is 6.64. The molecule has 1 saturated heterocycles. The van der Waals surface area contributed by atoms with Crippen LogP contribution in [0.5, 0.6) is 0 Å². The smallest absolute Gasteiger partial charge is 0.381 e. The number of benzene rings is 1. The number of ether oxygens (including phenoxy) is 1. The first-order valence-corrected chi connectivity index (χ1v) is 6.64. The third-order valence-electron chi connectivity index (χ3n) is 3.39. The van der Waals surface area contributed by atoms with Gasteiger partial charge >= 0.3 is 6.18 Å². The van der Waals surface area contributed by atoms with Crippen molar-refractivity contribution in [2.75, 3.05) is 13.2 Å². The molecule has 0 bridgehead atoms. The monoisotopic (exact) mass is 299 g/mol. The Bertz CT molecular complexity index is 534. The minimum atomic E-state index is -4.57. The lowest BCUT2D eigenvalue weighted by Crippen LogP contribution is -2.39. The molecule has 114 valence electrons. The van der Waals surface area contributed by atoms with E-state index in [9.17, 15) is 18.0 Å². The van der Waals surface area contributed by atoms with Crippen LogP contribution in [0.2, 0.25) is 0 Å². The number of alkyl halides is 3. The second-order valence-electron chi connectivity index (χ2n) is 4.87. The molecule has 0 aliphatic carbocycles. The Morgan fingerprint density at radius 1 is 1.33 bits per heavy atom. The lowest BCUT2D eigenvalue weighted by atomic mass is 10.0. The minimum Gasteiger partial charge on any atom is -0.381 e. The molecule has 6 heteroatoms. The standard InChI is InChI=1S/C15H16F3NO2/c1-2-10-3-4-13(15(16,17)18)12(9-10)14(20)19-11-5-7-21-8-6-11/h2-4,9,11H,1,5-8H2,(H,19,20). The number of hydrogen-bond donors (Lipinski definition) is 1. The van der Waals surface area contributed by atoms with Crippen molar-refractivity contribution in [3.8, 4) is 0 Å². The van der Waals surface area contributed by atoms with Crippen molar-refractivity contribution >= 4 is 12.0 Å². The van der Waals surface area contributed by atoms with Crippen LogP contribution in [-0.2, 0) is 10.9 Å². The summed E-state index contributed by atoms with van der Waals surface area (Å²) in [6.45, 7) is 4.52. The fourth-order valence-corrected chi connectivity index (χ4v) is 2.23. The molecule has 0 aromatic heterocycles. The number of carbonyl (C=O) groups excluding carboxylic acids is 1. The van der Waals surface area contributed by atoms with Crippen LogP contribution < -0.4 is 5.32 Å². The van der Waals surface area contributed by atoms with E-state index >= 15 is 0 Å². The van der Waals surface area contributed by atoms with E-state index in [1.807, 2.05) is 0 Å². The van der Waals surface area contributed by atoms with E-state index in [0.29, 0.717) is 31.6 Å². The quantitative estimate of drug-likeness (QED) is 0.930. The Balaban J connectivity index is 2.26. The third kappa shape index (κ3) is 3.85. The molecule has 1 aliphatic heterocycles. The van der Waals surface area contributed by atoms with Crippen molar-refractivity contribution in [3.05, 3.63) is 41.5 Å². The average molecular weight is 299 g/mol. The summed E-state index contributed by atoms with van der Waals surface area (Å²) in [4.78, 5) is 12.2. The molecule has 0 saturated carbocycles. The Kier molecular flexibility index (Phi) is 4.67. The summed E-state index contributed by atoms with van der Waals surface area (Å²) in [7, 11) is 0. The molecule has 1 aromatic carbocycles. The normalized spacial score (nSPS) is 16.5. The van der Waals surface area contributed by atoms with Crippen molar-refractivity contribution < 1.29 is 22.7 Å². The number of nitrogens with one attached hydrogen (secondary N) is 1. The number of carbonyl (C=O) groups is 1. The molecule has 0 atom stereocenters. The van der Waals surface area contributed by atoms with E-state index in [1.54, 1.807) is 0 Å². The topological polar surface area (TPSA) is 38.3 Å². The zero-order chi connectivity index (χ0) is 15.5. The SMILES string of the molecule is C=Cc1ccc(C(F)(F)F)c(C(=O)NC2CCOCC2)c1. The van der Waals surface area contributed by atoms with E-state index < -0.39 is 17.6 Å². The molecule has 0 radical (unpaired) electrons. The van der Waals surface area contributed by atoms with Crippen molar-refractivity contribution in [1.82, 2.24) is 5.32 Å². The van der Waals surface area contributed by atoms with E-state index in [0.717, 1.165) is 6.07 Å². The molecule has 0 unspecified atom stereocenters. The summed E-state index contributed by atoms with van der Waals surface area (Å²) in [6.07, 6.45) is -1.95. The van der Waals surface area contributed by atoms with Gasteiger partial charge in [-0.1, -0.05) is 18.7 Å². The number of halogens is 3. The van der Waals surface area contributed by atoms with Gasteiger partial charge in [0.05, 0.1) is 11.1 Å². The first kappa shape index (κ1) is 15.6. The van der Waals surface area contributed by atoms with Crippen LogP contribution >= 0.6 is 0 Å². The summed E-state index contributed by atoms with van der Waals surface area (Å²) < 4.78 is 44.1. The van der Waals surface area contributed by atoms with Gasteiger partial charge in [-0.3, -0.25) is 4.79 Å². The van der Waals surface area contributed by atoms with Gasteiger partial charge in [-0.2, -0.15) is 13.2 Å². The van der Waals surface area contributed by atoms with E-state index in [2.05, 4.69) is 11.9 Å². The maximum atomic E-state index is 13.0. The second-order valence-corrected chi connectivity index (χ2v) is 4.87. The fourth-order valence-electron chi connectivity index (χ4n) is 2.23. The average Bonchev–Trinajstić information content (AvgIpc) is 2.46. The Morgan fingerprint density at radius 3 is 2.57 bits per heavy atom. The zero-order valence-electron chi connectivity index (χ0n) is 11.4. The van der Waals surface area contributed by atoms with Crippen LogP contribution in [0.4, 0.5) is 13.2 Å². The molecule has 0 spiro atoms. The first-order chi connectivity index (χ1) is 9.91. The van der Waals surface area contributed by atoms with Crippen molar-refractivity contribution in [3.63, 3.8) is 0 Å². The van der Waals surface area contributed by atoms with Crippen LogP contribution in [0, 0.1) is 0 Å². The van der Waals surface area contributed by atoms with Crippen molar-refractivity contribution in [2.24, 2.45) is 0 Å². The molecule has 1 N–H and O–H groups in total. The second kappa shape index (κ2) is 6.30. The van der Waals surface area contributed by atoms with Crippen LogP contribution in [-0.4, -0.2) is 25.2 Å². The summed E-state index contributed by atoms with van der Waals surface area (Å²) in [5, 5.41) is 2.65. The molecular weight excluding hydrogens is 283 g/mol. The van der Waals surface area contributed by atoms with Gasteiger partial charge in [0.1, 0.15) is 0 Å². The Hall–Kier alpha value is -1.82. The Morgan fingerprint density at radius 2 is 2.00 bits per heavy atom. The molecule has 1 amide bonds. The maximum Gasteiger partial charge on any atom is 0.417 e. The van der Waals surface area contributed by atoms with Gasteiger partial charge in [-0.25, -0.2) is 0 Å². The molecule has 3 nitrogen and oxygen atoms in total. The van der Waals surface area contributed by atoms with E-state index in [4.69, 9.17) is 4.74 Å². The molecule has 1 heterocycles. The van der Waals surface area contributed by atoms with Gasteiger partial charge in [0.15, 0.2) is 0 Å². The van der Waals surface area contributed by atoms with Crippen molar-refractivity contribution in [1.29, 1.82) is 0 Å². The highest BCUT2D eigenvalue weighted by Crippen LogP contribution is 2.32. The predicted octanol–water partition coefficient (Wildman–Crippen LogP) is 3.26. The van der Waals surface area contributed by atoms with Crippen LogP contribution in [0.15, 0.2) is 24.8 Å². The molecule has 2 rings (SSSR count). The molecule has 1 aliphatic rings. The molecule has 1 aromatic rings. The van der Waals surface area contributed by atoms with Gasteiger partial charge in [0.25, 0.3) is 5.91 Å². The van der Waals surface area contributed by atoms with Gasteiger partial charge in [0, 0.05) is 19.3 Å². The summed E-state index contributed by atoms with van der Waals surface area (Å²) in [5.41, 5.74) is -0.829. The molecule has 1 fully saturated rings.